The first-order valence-electron chi connectivity index (χ1n) is 7.74. The molecule has 0 saturated carbocycles. The molecule has 1 aromatic heterocycles. The maximum atomic E-state index is 12.7. The number of carbonyl (C=O) groups excluding carboxylic acids is 1. The van der Waals surface area contributed by atoms with Gasteiger partial charge in [-0.2, -0.15) is 18.2 Å². The average Bonchev–Trinajstić information content (AvgIpc) is 2.86. The molecule has 0 fully saturated rings. The largest absolute Gasteiger partial charge is 0.416 e. The van der Waals surface area contributed by atoms with Crippen LogP contribution in [0.5, 0.6) is 0 Å². The summed E-state index contributed by atoms with van der Waals surface area (Å²) < 4.78 is 39.7. The van der Waals surface area contributed by atoms with Crippen molar-refractivity contribution in [3.8, 4) is 5.69 Å². The lowest BCUT2D eigenvalue weighted by Crippen LogP contribution is -2.29. The van der Waals surface area contributed by atoms with Gasteiger partial charge in [-0.1, -0.05) is 13.8 Å². The SMILES string of the molecule is Cc1cn(-c2ccc(C(F)(F)F)cc2)/c(=N/C(=O)N(C)CC(C)C)s1. The summed E-state index contributed by atoms with van der Waals surface area (Å²) in [5.41, 5.74) is -0.189. The van der Waals surface area contributed by atoms with E-state index in [2.05, 4.69) is 4.99 Å². The van der Waals surface area contributed by atoms with E-state index in [-0.39, 0.29) is 6.03 Å². The number of benzene rings is 1. The molecule has 25 heavy (non-hydrogen) atoms. The molecule has 8 heteroatoms. The summed E-state index contributed by atoms with van der Waals surface area (Å²) >= 11 is 1.31. The van der Waals surface area contributed by atoms with Gasteiger partial charge in [0.25, 0.3) is 0 Å². The fraction of sp³-hybridized carbons (Fsp3) is 0.412. The quantitative estimate of drug-likeness (QED) is 0.784. The molecule has 0 unspecified atom stereocenters. The van der Waals surface area contributed by atoms with Crippen molar-refractivity contribution in [2.45, 2.75) is 26.9 Å². The van der Waals surface area contributed by atoms with Crippen LogP contribution in [0.2, 0.25) is 0 Å². The van der Waals surface area contributed by atoms with Gasteiger partial charge >= 0.3 is 12.2 Å². The summed E-state index contributed by atoms with van der Waals surface area (Å²) in [5, 5.41) is 0. The zero-order valence-corrected chi connectivity index (χ0v) is 15.3. The summed E-state index contributed by atoms with van der Waals surface area (Å²) in [4.78, 5) is 19.2. The minimum Gasteiger partial charge on any atom is -0.326 e. The molecule has 0 spiro atoms. The van der Waals surface area contributed by atoms with Crippen LogP contribution in [-0.4, -0.2) is 29.1 Å². The lowest BCUT2D eigenvalue weighted by Gasteiger charge is -2.16. The van der Waals surface area contributed by atoms with Crippen molar-refractivity contribution in [3.63, 3.8) is 0 Å². The predicted molar refractivity (Wildman–Crippen MR) is 91.8 cm³/mol. The lowest BCUT2D eigenvalue weighted by molar-refractivity contribution is -0.137. The van der Waals surface area contributed by atoms with Crippen LogP contribution in [0.15, 0.2) is 35.5 Å². The van der Waals surface area contributed by atoms with Crippen LogP contribution < -0.4 is 4.80 Å². The van der Waals surface area contributed by atoms with Crippen molar-refractivity contribution >= 4 is 17.4 Å². The van der Waals surface area contributed by atoms with Gasteiger partial charge in [-0.15, -0.1) is 11.3 Å². The van der Waals surface area contributed by atoms with Gasteiger partial charge in [0.05, 0.1) is 5.56 Å². The number of nitrogens with zero attached hydrogens (tertiary/aromatic N) is 3. The van der Waals surface area contributed by atoms with Gasteiger partial charge in [-0.05, 0) is 37.1 Å². The number of carbonyl (C=O) groups is 1. The second-order valence-electron chi connectivity index (χ2n) is 6.21. The number of rotatable bonds is 3. The van der Waals surface area contributed by atoms with Gasteiger partial charge in [-0.3, -0.25) is 4.57 Å². The first-order chi connectivity index (χ1) is 11.6. The van der Waals surface area contributed by atoms with Crippen molar-refractivity contribution in [1.82, 2.24) is 9.47 Å². The Morgan fingerprint density at radius 1 is 1.28 bits per heavy atom. The van der Waals surface area contributed by atoms with Crippen LogP contribution >= 0.6 is 11.3 Å². The summed E-state index contributed by atoms with van der Waals surface area (Å²) in [5.74, 6) is 0.316. The molecule has 136 valence electrons. The van der Waals surface area contributed by atoms with Crippen LogP contribution in [0, 0.1) is 12.8 Å². The Bertz CT molecular complexity index is 804. The summed E-state index contributed by atoms with van der Waals surface area (Å²) in [6.45, 7) is 6.43. The second kappa shape index (κ2) is 7.43. The molecule has 0 radical (unpaired) electrons. The van der Waals surface area contributed by atoms with Gasteiger partial charge in [-0.25, -0.2) is 4.79 Å². The molecule has 0 aliphatic carbocycles. The van der Waals surface area contributed by atoms with Crippen molar-refractivity contribution in [3.05, 3.63) is 45.7 Å². The Hall–Kier alpha value is -2.09. The van der Waals surface area contributed by atoms with Crippen molar-refractivity contribution < 1.29 is 18.0 Å². The Balaban J connectivity index is 2.38. The van der Waals surface area contributed by atoms with Crippen molar-refractivity contribution in [1.29, 1.82) is 0 Å². The third kappa shape index (κ3) is 4.94. The molecular weight excluding hydrogens is 351 g/mol. The van der Waals surface area contributed by atoms with Crippen LogP contribution in [0.3, 0.4) is 0 Å². The topological polar surface area (TPSA) is 37.6 Å². The van der Waals surface area contributed by atoms with E-state index in [1.54, 1.807) is 17.8 Å². The predicted octanol–water partition coefficient (Wildman–Crippen LogP) is 4.47. The Morgan fingerprint density at radius 2 is 1.88 bits per heavy atom. The summed E-state index contributed by atoms with van der Waals surface area (Å²) in [6, 6.07) is 4.40. The van der Waals surface area contributed by atoms with E-state index in [1.807, 2.05) is 20.8 Å². The van der Waals surface area contributed by atoms with Crippen LogP contribution in [0.1, 0.15) is 24.3 Å². The van der Waals surface area contributed by atoms with E-state index >= 15 is 0 Å². The number of alkyl halides is 3. The van der Waals surface area contributed by atoms with Gasteiger partial charge in [0.15, 0.2) is 4.80 Å². The first-order valence-corrected chi connectivity index (χ1v) is 8.56. The maximum absolute atomic E-state index is 12.7. The Kier molecular flexibility index (Phi) is 5.72. The van der Waals surface area contributed by atoms with Gasteiger partial charge < -0.3 is 4.90 Å². The third-order valence-electron chi connectivity index (χ3n) is 3.40. The van der Waals surface area contributed by atoms with Crippen LogP contribution in [0.4, 0.5) is 18.0 Å². The number of aryl methyl sites for hydroxylation is 1. The number of hydrogen-bond acceptors (Lipinski definition) is 2. The molecule has 0 saturated heterocycles. The number of aromatic nitrogens is 1. The molecule has 1 heterocycles. The second-order valence-corrected chi connectivity index (χ2v) is 7.42. The fourth-order valence-corrected chi connectivity index (χ4v) is 3.15. The Labute approximate surface area is 148 Å². The minimum atomic E-state index is -4.38. The Morgan fingerprint density at radius 3 is 2.40 bits per heavy atom. The average molecular weight is 371 g/mol. The van der Waals surface area contributed by atoms with Gasteiger partial charge in [0.2, 0.25) is 0 Å². The van der Waals surface area contributed by atoms with E-state index in [9.17, 15) is 18.0 Å². The zero-order valence-electron chi connectivity index (χ0n) is 14.5. The molecule has 0 aliphatic rings. The van der Waals surface area contributed by atoms with Crippen molar-refractivity contribution in [2.24, 2.45) is 10.9 Å². The maximum Gasteiger partial charge on any atom is 0.416 e. The molecule has 0 atom stereocenters. The standard InChI is InChI=1S/C17H20F3N3OS/c1-11(2)9-22(4)15(24)21-16-23(10-12(3)25-16)14-7-5-13(6-8-14)17(18,19)20/h5-8,10-11H,9H2,1-4H3/b21-16-. The van der Waals surface area contributed by atoms with E-state index in [0.29, 0.717) is 23.0 Å². The summed E-state index contributed by atoms with van der Waals surface area (Å²) in [7, 11) is 1.68. The highest BCUT2D eigenvalue weighted by Crippen LogP contribution is 2.29. The van der Waals surface area contributed by atoms with E-state index < -0.39 is 11.7 Å². The fourth-order valence-electron chi connectivity index (χ4n) is 2.32. The molecule has 1 aromatic carbocycles. The third-order valence-corrected chi connectivity index (χ3v) is 4.30. The smallest absolute Gasteiger partial charge is 0.326 e. The van der Waals surface area contributed by atoms with E-state index in [1.165, 1.54) is 28.4 Å². The lowest BCUT2D eigenvalue weighted by atomic mass is 10.2. The molecule has 2 amide bonds. The number of halogens is 3. The molecule has 2 rings (SSSR count). The highest BCUT2D eigenvalue weighted by atomic mass is 32.1. The van der Waals surface area contributed by atoms with Crippen molar-refractivity contribution in [2.75, 3.05) is 13.6 Å². The molecule has 0 N–H and O–H groups in total. The normalized spacial score (nSPS) is 12.7. The highest BCUT2D eigenvalue weighted by Gasteiger charge is 2.30. The van der Waals surface area contributed by atoms with E-state index in [0.717, 1.165) is 17.0 Å². The zero-order chi connectivity index (χ0) is 18.8. The van der Waals surface area contributed by atoms with E-state index in [4.69, 9.17) is 0 Å². The molecule has 0 aliphatic heterocycles. The number of urea groups is 1. The molecule has 0 bridgehead atoms. The number of amides is 2. The molecular formula is C17H20F3N3OS. The summed E-state index contributed by atoms with van der Waals surface area (Å²) in [6.07, 6.45) is -2.63. The van der Waals surface area contributed by atoms with Crippen LogP contribution in [-0.2, 0) is 6.18 Å². The minimum absolute atomic E-state index is 0.316. The molecule has 4 nitrogen and oxygen atoms in total. The molecule has 2 aromatic rings. The van der Waals surface area contributed by atoms with Crippen LogP contribution in [0.25, 0.3) is 5.69 Å². The van der Waals surface area contributed by atoms with Gasteiger partial charge in [0.1, 0.15) is 0 Å². The highest BCUT2D eigenvalue weighted by molar-refractivity contribution is 7.09. The number of thiazole rings is 1. The monoisotopic (exact) mass is 371 g/mol. The first kappa shape index (κ1) is 19.2. The van der Waals surface area contributed by atoms with Gasteiger partial charge in [0, 0.05) is 30.4 Å². The number of hydrogen-bond donors (Lipinski definition) is 0.